The molecule has 4 aromatic rings. The summed E-state index contributed by atoms with van der Waals surface area (Å²) in [4.78, 5) is 7.61. The van der Waals surface area contributed by atoms with Gasteiger partial charge in [-0.15, -0.1) is 10.2 Å². The Kier molecular flexibility index (Phi) is 3.81. The van der Waals surface area contributed by atoms with Crippen molar-refractivity contribution in [1.29, 1.82) is 0 Å². The fourth-order valence-electron chi connectivity index (χ4n) is 2.52. The molecule has 0 unspecified atom stereocenters. The van der Waals surface area contributed by atoms with E-state index in [2.05, 4.69) is 46.6 Å². The molecule has 0 aliphatic carbocycles. The highest BCUT2D eigenvalue weighted by Gasteiger charge is 2.09. The number of halogens is 1. The zero-order valence-corrected chi connectivity index (χ0v) is 14.7. The summed E-state index contributed by atoms with van der Waals surface area (Å²) < 4.78 is 0.847. The molecule has 2 aromatic heterocycles. The van der Waals surface area contributed by atoms with Crippen LogP contribution in [0.15, 0.2) is 46.0 Å². The fourth-order valence-corrected chi connectivity index (χ4v) is 2.90. The van der Waals surface area contributed by atoms with E-state index >= 15 is 0 Å². The molecule has 2 aromatic carbocycles. The lowest BCUT2D eigenvalue weighted by Gasteiger charge is -2.00. The van der Waals surface area contributed by atoms with Crippen LogP contribution in [0.5, 0.6) is 5.75 Å². The van der Waals surface area contributed by atoms with Gasteiger partial charge >= 0.3 is 0 Å². The molecule has 0 bridgehead atoms. The molecule has 0 saturated carbocycles. The number of aromatic nitrogens is 4. The van der Waals surface area contributed by atoms with Crippen molar-refractivity contribution >= 4 is 50.2 Å². The molecule has 0 fully saturated rings. The van der Waals surface area contributed by atoms with E-state index in [1.807, 2.05) is 25.1 Å². The molecule has 0 saturated heterocycles. The van der Waals surface area contributed by atoms with Gasteiger partial charge in [-0.2, -0.15) is 10.1 Å². The molecule has 8 heteroatoms. The first kappa shape index (κ1) is 15.5. The van der Waals surface area contributed by atoms with Gasteiger partial charge in [-0.3, -0.25) is 0 Å². The second-order valence-electron chi connectivity index (χ2n) is 5.58. The number of hydrazone groups is 1. The van der Waals surface area contributed by atoms with E-state index < -0.39 is 0 Å². The number of hydrogen-bond acceptors (Lipinski definition) is 6. The first-order valence-electron chi connectivity index (χ1n) is 7.50. The zero-order valence-electron chi connectivity index (χ0n) is 13.2. The average molecular weight is 397 g/mol. The Morgan fingerprint density at radius 2 is 2.08 bits per heavy atom. The van der Waals surface area contributed by atoms with Crippen LogP contribution in [0.25, 0.3) is 22.1 Å². The van der Waals surface area contributed by atoms with E-state index in [0.717, 1.165) is 26.5 Å². The van der Waals surface area contributed by atoms with Gasteiger partial charge in [-0.05, 0) is 37.3 Å². The molecule has 124 valence electrons. The molecule has 0 amide bonds. The van der Waals surface area contributed by atoms with E-state index in [0.29, 0.717) is 11.2 Å². The predicted octanol–water partition coefficient (Wildman–Crippen LogP) is 3.73. The number of anilines is 1. The van der Waals surface area contributed by atoms with Crippen LogP contribution in [0.2, 0.25) is 0 Å². The highest BCUT2D eigenvalue weighted by molar-refractivity contribution is 9.10. The summed E-state index contributed by atoms with van der Waals surface area (Å²) in [5.41, 5.74) is 6.76. The van der Waals surface area contributed by atoms with Gasteiger partial charge in [0.1, 0.15) is 11.3 Å². The molecule has 2 heterocycles. The number of aromatic hydroxyl groups is 1. The van der Waals surface area contributed by atoms with Crippen molar-refractivity contribution < 1.29 is 5.11 Å². The van der Waals surface area contributed by atoms with Crippen molar-refractivity contribution in [2.75, 3.05) is 5.43 Å². The number of nitrogens with zero attached hydrogens (tertiary/aromatic N) is 4. The first-order valence-corrected chi connectivity index (χ1v) is 8.30. The molecule has 25 heavy (non-hydrogen) atoms. The van der Waals surface area contributed by atoms with Gasteiger partial charge in [-0.25, -0.2) is 5.43 Å². The number of H-pyrrole nitrogens is 1. The van der Waals surface area contributed by atoms with Gasteiger partial charge in [0.25, 0.3) is 5.95 Å². The van der Waals surface area contributed by atoms with E-state index in [-0.39, 0.29) is 11.7 Å². The third kappa shape index (κ3) is 3.03. The number of aryl methyl sites for hydroxylation is 1. The van der Waals surface area contributed by atoms with Crippen LogP contribution in [0.4, 0.5) is 5.95 Å². The highest BCUT2D eigenvalue weighted by atomic mass is 79.9. The van der Waals surface area contributed by atoms with E-state index in [1.165, 1.54) is 6.21 Å². The van der Waals surface area contributed by atoms with E-state index in [1.54, 1.807) is 18.2 Å². The lowest BCUT2D eigenvalue weighted by Crippen LogP contribution is -1.99. The number of nitrogens with one attached hydrogen (secondary N) is 2. The third-order valence-corrected chi connectivity index (χ3v) is 4.22. The Morgan fingerprint density at radius 1 is 1.20 bits per heavy atom. The molecule has 7 nitrogen and oxygen atoms in total. The van der Waals surface area contributed by atoms with Crippen LogP contribution in [-0.2, 0) is 0 Å². The van der Waals surface area contributed by atoms with Gasteiger partial charge in [0, 0.05) is 20.9 Å². The minimum absolute atomic E-state index is 0.134. The average Bonchev–Trinajstić information content (AvgIpc) is 2.95. The Morgan fingerprint density at radius 3 is 2.96 bits per heavy atom. The van der Waals surface area contributed by atoms with Crippen LogP contribution < -0.4 is 5.43 Å². The molecule has 0 radical (unpaired) electrons. The van der Waals surface area contributed by atoms with Gasteiger partial charge in [-0.1, -0.05) is 27.6 Å². The summed E-state index contributed by atoms with van der Waals surface area (Å²) in [6.07, 6.45) is 1.49. The number of fused-ring (bicyclic) bond motifs is 3. The SMILES string of the molecule is Cc1ccc2[nH]c3nc(NN=Cc4cc(Br)ccc4O)nnc3c2c1. The van der Waals surface area contributed by atoms with Crippen LogP contribution in [0.1, 0.15) is 11.1 Å². The minimum atomic E-state index is 0.134. The maximum Gasteiger partial charge on any atom is 0.265 e. The molecular weight excluding hydrogens is 384 g/mol. The van der Waals surface area contributed by atoms with Gasteiger partial charge < -0.3 is 10.1 Å². The summed E-state index contributed by atoms with van der Waals surface area (Å²) >= 11 is 3.35. The normalized spacial score (nSPS) is 11.6. The molecule has 4 rings (SSSR count). The fraction of sp³-hybridized carbons (Fsp3) is 0.0588. The first-order chi connectivity index (χ1) is 12.1. The van der Waals surface area contributed by atoms with Crippen molar-refractivity contribution in [2.24, 2.45) is 5.10 Å². The van der Waals surface area contributed by atoms with Crippen molar-refractivity contribution in [3.63, 3.8) is 0 Å². The summed E-state index contributed by atoms with van der Waals surface area (Å²) in [5.74, 6) is 0.399. The van der Waals surface area contributed by atoms with Crippen molar-refractivity contribution in [2.45, 2.75) is 6.92 Å². The molecular formula is C17H13BrN6O. The maximum atomic E-state index is 9.79. The highest BCUT2D eigenvalue weighted by Crippen LogP contribution is 2.23. The van der Waals surface area contributed by atoms with Gasteiger partial charge in [0.15, 0.2) is 5.65 Å². The quantitative estimate of drug-likeness (QED) is 0.361. The summed E-state index contributed by atoms with van der Waals surface area (Å²) in [6.45, 7) is 2.03. The molecule has 0 aliphatic heterocycles. The molecule has 0 atom stereocenters. The Balaban J connectivity index is 1.62. The zero-order chi connectivity index (χ0) is 17.4. The van der Waals surface area contributed by atoms with E-state index in [4.69, 9.17) is 0 Å². The third-order valence-electron chi connectivity index (χ3n) is 3.73. The lowest BCUT2D eigenvalue weighted by atomic mass is 10.2. The summed E-state index contributed by atoms with van der Waals surface area (Å²) in [7, 11) is 0. The molecule has 0 spiro atoms. The summed E-state index contributed by atoms with van der Waals surface area (Å²) in [5, 5.41) is 23.1. The second kappa shape index (κ2) is 6.14. The van der Waals surface area contributed by atoms with Crippen molar-refractivity contribution in [3.8, 4) is 5.75 Å². The van der Waals surface area contributed by atoms with Crippen LogP contribution in [0, 0.1) is 6.92 Å². The lowest BCUT2D eigenvalue weighted by molar-refractivity contribution is 0.474. The predicted molar refractivity (Wildman–Crippen MR) is 101 cm³/mol. The monoisotopic (exact) mass is 396 g/mol. The number of rotatable bonds is 3. The van der Waals surface area contributed by atoms with E-state index in [9.17, 15) is 5.11 Å². The second-order valence-corrected chi connectivity index (χ2v) is 6.50. The molecule has 0 aliphatic rings. The minimum Gasteiger partial charge on any atom is -0.507 e. The standard InChI is InChI=1S/C17H13BrN6O/c1-9-2-4-13-12(6-9)15-16(20-13)21-17(24-22-15)23-19-8-10-7-11(18)3-5-14(10)25/h2-8,25H,1H3,(H2,20,21,23,24). The number of phenolic OH excluding ortho intramolecular Hbond substituents is 1. The van der Waals surface area contributed by atoms with Crippen LogP contribution in [-0.4, -0.2) is 31.5 Å². The maximum absolute atomic E-state index is 9.79. The largest absolute Gasteiger partial charge is 0.507 e. The van der Waals surface area contributed by atoms with Gasteiger partial charge in [0.05, 0.1) is 6.21 Å². The van der Waals surface area contributed by atoms with Crippen LogP contribution >= 0.6 is 15.9 Å². The van der Waals surface area contributed by atoms with Crippen molar-refractivity contribution in [1.82, 2.24) is 20.2 Å². The topological polar surface area (TPSA) is 99.1 Å². The Hall–Kier alpha value is -3.00. The van der Waals surface area contributed by atoms with Crippen molar-refractivity contribution in [3.05, 3.63) is 52.0 Å². The Bertz CT molecular complexity index is 1120. The Labute approximate surface area is 150 Å². The van der Waals surface area contributed by atoms with Crippen LogP contribution in [0.3, 0.4) is 0 Å². The van der Waals surface area contributed by atoms with Gasteiger partial charge in [0.2, 0.25) is 0 Å². The number of hydrogen-bond donors (Lipinski definition) is 3. The number of phenols is 1. The summed E-state index contributed by atoms with van der Waals surface area (Å²) in [6, 6.07) is 11.2. The smallest absolute Gasteiger partial charge is 0.265 e. The number of aromatic amines is 1. The number of benzene rings is 2. The molecule has 3 N–H and O–H groups in total.